The number of hydrogen-bond donors (Lipinski definition) is 0. The molecule has 0 saturated heterocycles. The third-order valence-corrected chi connectivity index (χ3v) is 4.44. The monoisotopic (exact) mass is 300 g/mol. The van der Waals surface area contributed by atoms with Gasteiger partial charge in [-0.2, -0.15) is 0 Å². The van der Waals surface area contributed by atoms with Crippen molar-refractivity contribution in [3.8, 4) is 0 Å². The van der Waals surface area contributed by atoms with Crippen LogP contribution in [0.15, 0.2) is 0 Å². The predicted octanol–water partition coefficient (Wildman–Crippen LogP) is 6.33. The first-order valence-electron chi connectivity index (χ1n) is 9.48. The Hall–Kier alpha value is -0.0800. The molecule has 0 rings (SSSR count). The van der Waals surface area contributed by atoms with Crippen molar-refractivity contribution >= 4 is 0 Å². The van der Waals surface area contributed by atoms with Crippen molar-refractivity contribution in [3.05, 3.63) is 0 Å². The van der Waals surface area contributed by atoms with E-state index in [1.807, 2.05) is 0 Å². The quantitative estimate of drug-likeness (QED) is 0.260. The van der Waals surface area contributed by atoms with Gasteiger partial charge in [0.2, 0.25) is 0 Å². The Morgan fingerprint density at radius 2 is 1.24 bits per heavy atom. The second kappa shape index (κ2) is 13.6. The van der Waals surface area contributed by atoms with E-state index >= 15 is 0 Å². The number of rotatable bonds is 15. The van der Waals surface area contributed by atoms with E-state index < -0.39 is 0 Å². The van der Waals surface area contributed by atoms with E-state index in [-0.39, 0.29) is 5.79 Å². The van der Waals surface area contributed by atoms with Crippen LogP contribution in [-0.2, 0) is 9.47 Å². The van der Waals surface area contributed by atoms with Gasteiger partial charge in [-0.05, 0) is 33.1 Å². The third-order valence-electron chi connectivity index (χ3n) is 4.44. The molecule has 1 atom stereocenters. The predicted molar refractivity (Wildman–Crippen MR) is 92.7 cm³/mol. The van der Waals surface area contributed by atoms with Gasteiger partial charge < -0.3 is 9.47 Å². The van der Waals surface area contributed by atoms with Crippen LogP contribution in [0.4, 0.5) is 0 Å². The Bertz CT molecular complexity index is 210. The number of ether oxygens (including phenoxy) is 2. The molecule has 0 amide bonds. The zero-order valence-corrected chi connectivity index (χ0v) is 15.4. The molecular weight excluding hydrogens is 260 g/mol. The minimum atomic E-state index is -0.344. The molecule has 128 valence electrons. The van der Waals surface area contributed by atoms with Crippen molar-refractivity contribution in [1.29, 1.82) is 0 Å². The Labute approximate surface area is 134 Å². The maximum Gasteiger partial charge on any atom is 0.170 e. The van der Waals surface area contributed by atoms with Gasteiger partial charge in [-0.1, -0.05) is 65.7 Å². The fourth-order valence-corrected chi connectivity index (χ4v) is 3.36. The van der Waals surface area contributed by atoms with Gasteiger partial charge in [0.05, 0.1) is 0 Å². The summed E-state index contributed by atoms with van der Waals surface area (Å²) in [6.45, 7) is 12.4. The van der Waals surface area contributed by atoms with E-state index in [2.05, 4.69) is 34.6 Å². The van der Waals surface area contributed by atoms with Crippen LogP contribution in [0.2, 0.25) is 0 Å². The van der Waals surface area contributed by atoms with E-state index in [1.165, 1.54) is 57.8 Å². The fourth-order valence-electron chi connectivity index (χ4n) is 3.36. The molecule has 0 spiro atoms. The zero-order chi connectivity index (χ0) is 16.0. The highest BCUT2D eigenvalue weighted by Crippen LogP contribution is 2.35. The second-order valence-electron chi connectivity index (χ2n) is 6.07. The summed E-state index contributed by atoms with van der Waals surface area (Å²) < 4.78 is 12.2. The number of unbranched alkanes of at least 4 members (excludes halogenated alkanes) is 5. The molecule has 0 N–H and O–H groups in total. The lowest BCUT2D eigenvalue weighted by molar-refractivity contribution is -0.267. The molecule has 2 nitrogen and oxygen atoms in total. The maximum atomic E-state index is 6.11. The van der Waals surface area contributed by atoms with Crippen LogP contribution in [0.5, 0.6) is 0 Å². The molecule has 2 heteroatoms. The van der Waals surface area contributed by atoms with Crippen LogP contribution in [0.3, 0.4) is 0 Å². The molecule has 1 unspecified atom stereocenters. The van der Waals surface area contributed by atoms with Crippen molar-refractivity contribution in [2.24, 2.45) is 5.92 Å². The SMILES string of the molecule is CCCCCCCCC(CCC)C(CC)(OCC)OCC. The minimum absolute atomic E-state index is 0.344. The van der Waals surface area contributed by atoms with Gasteiger partial charge in [-0.3, -0.25) is 0 Å². The van der Waals surface area contributed by atoms with Gasteiger partial charge in [0.25, 0.3) is 0 Å². The van der Waals surface area contributed by atoms with Gasteiger partial charge in [-0.25, -0.2) is 0 Å². The fraction of sp³-hybridized carbons (Fsp3) is 1.00. The Morgan fingerprint density at radius 1 is 0.667 bits per heavy atom. The lowest BCUT2D eigenvalue weighted by atomic mass is 9.86. The van der Waals surface area contributed by atoms with Gasteiger partial charge >= 0.3 is 0 Å². The molecule has 0 aromatic carbocycles. The summed E-state index contributed by atoms with van der Waals surface area (Å²) in [7, 11) is 0. The summed E-state index contributed by atoms with van der Waals surface area (Å²) >= 11 is 0. The summed E-state index contributed by atoms with van der Waals surface area (Å²) in [5, 5.41) is 0. The maximum absolute atomic E-state index is 6.11. The van der Waals surface area contributed by atoms with E-state index in [9.17, 15) is 0 Å². The average Bonchev–Trinajstić information content (AvgIpc) is 2.49. The first-order chi connectivity index (χ1) is 10.2. The standard InChI is InChI=1S/C19H40O2/c1-6-11-12-13-14-15-17-18(16-7-2)19(8-3,20-9-4)21-10-5/h18H,6-17H2,1-5H3. The first-order valence-corrected chi connectivity index (χ1v) is 9.48. The Balaban J connectivity index is 4.44. The third kappa shape index (κ3) is 8.21. The van der Waals surface area contributed by atoms with Crippen LogP contribution in [0, 0.1) is 5.92 Å². The van der Waals surface area contributed by atoms with Crippen molar-refractivity contribution in [2.45, 2.75) is 105 Å². The summed E-state index contributed by atoms with van der Waals surface area (Å²) in [4.78, 5) is 0. The van der Waals surface area contributed by atoms with Crippen LogP contribution in [-0.4, -0.2) is 19.0 Å². The molecule has 0 aliphatic rings. The van der Waals surface area contributed by atoms with Crippen LogP contribution >= 0.6 is 0 Å². The molecule has 0 radical (unpaired) electrons. The molecule has 0 aromatic heterocycles. The van der Waals surface area contributed by atoms with Gasteiger partial charge in [0.1, 0.15) is 0 Å². The molecular formula is C19H40O2. The van der Waals surface area contributed by atoms with Gasteiger partial charge in [-0.15, -0.1) is 0 Å². The largest absolute Gasteiger partial charge is 0.350 e. The molecule has 0 aliphatic carbocycles. The van der Waals surface area contributed by atoms with Crippen molar-refractivity contribution in [2.75, 3.05) is 13.2 Å². The zero-order valence-electron chi connectivity index (χ0n) is 15.4. The van der Waals surface area contributed by atoms with E-state index in [4.69, 9.17) is 9.47 Å². The molecule has 0 aromatic rings. The van der Waals surface area contributed by atoms with E-state index in [0.717, 1.165) is 19.6 Å². The first kappa shape index (κ1) is 20.9. The van der Waals surface area contributed by atoms with Crippen molar-refractivity contribution in [1.82, 2.24) is 0 Å². The summed E-state index contributed by atoms with van der Waals surface area (Å²) in [5.74, 6) is 0.196. The number of hydrogen-bond acceptors (Lipinski definition) is 2. The van der Waals surface area contributed by atoms with Gasteiger partial charge in [0, 0.05) is 19.1 Å². The lowest BCUT2D eigenvalue weighted by Crippen LogP contribution is -2.43. The smallest absolute Gasteiger partial charge is 0.170 e. The summed E-state index contributed by atoms with van der Waals surface area (Å²) in [6, 6.07) is 0. The molecule has 0 saturated carbocycles. The highest BCUT2D eigenvalue weighted by Gasteiger charge is 2.37. The lowest BCUT2D eigenvalue weighted by Gasteiger charge is -2.39. The summed E-state index contributed by atoms with van der Waals surface area (Å²) in [5.41, 5.74) is 0. The second-order valence-corrected chi connectivity index (χ2v) is 6.07. The molecule has 0 bridgehead atoms. The molecule has 21 heavy (non-hydrogen) atoms. The minimum Gasteiger partial charge on any atom is -0.350 e. The molecule has 0 aliphatic heterocycles. The van der Waals surface area contributed by atoms with Crippen LogP contribution in [0.1, 0.15) is 98.8 Å². The van der Waals surface area contributed by atoms with E-state index in [0.29, 0.717) is 5.92 Å². The highest BCUT2D eigenvalue weighted by molar-refractivity contribution is 4.79. The average molecular weight is 301 g/mol. The Kier molecular flexibility index (Phi) is 13.5. The summed E-state index contributed by atoms with van der Waals surface area (Å²) in [6.07, 6.45) is 12.8. The normalized spacial score (nSPS) is 13.6. The van der Waals surface area contributed by atoms with Gasteiger partial charge in [0.15, 0.2) is 5.79 Å². The van der Waals surface area contributed by atoms with Crippen LogP contribution in [0.25, 0.3) is 0 Å². The molecule has 0 fully saturated rings. The van der Waals surface area contributed by atoms with Crippen molar-refractivity contribution < 1.29 is 9.47 Å². The van der Waals surface area contributed by atoms with Crippen LogP contribution < -0.4 is 0 Å². The Morgan fingerprint density at radius 3 is 1.71 bits per heavy atom. The highest BCUT2D eigenvalue weighted by atomic mass is 16.7. The molecule has 0 heterocycles. The topological polar surface area (TPSA) is 18.5 Å². The van der Waals surface area contributed by atoms with E-state index in [1.54, 1.807) is 0 Å². The van der Waals surface area contributed by atoms with Crippen molar-refractivity contribution in [3.63, 3.8) is 0 Å².